The number of fused-ring (bicyclic) bond motifs is 1. The van der Waals surface area contributed by atoms with Gasteiger partial charge in [-0.25, -0.2) is 4.98 Å². The number of nitrogens with one attached hydrogen (secondary N) is 4. The SMILES string of the molecule is CN1C=CC(Cl)=CC1Nc1cccc(C(=O)Nc2ccc(Nc3cc[nH+]c4ccc([N+](=O)[O-])cc34)cc2)c1.[Cl-]. The van der Waals surface area contributed by atoms with E-state index in [1.54, 1.807) is 36.5 Å². The molecule has 9 nitrogen and oxygen atoms in total. The number of rotatable bonds is 7. The molecule has 0 saturated carbocycles. The number of halogens is 2. The molecule has 0 spiro atoms. The number of benzene rings is 3. The third-order valence-corrected chi connectivity index (χ3v) is 6.33. The van der Waals surface area contributed by atoms with Gasteiger partial charge in [-0.15, -0.1) is 0 Å². The summed E-state index contributed by atoms with van der Waals surface area (Å²) in [6, 6.07) is 21.0. The van der Waals surface area contributed by atoms with Gasteiger partial charge in [-0.2, -0.15) is 0 Å². The van der Waals surface area contributed by atoms with E-state index in [9.17, 15) is 14.9 Å². The molecule has 0 fully saturated rings. The maximum Gasteiger partial charge on any atom is 0.270 e. The minimum atomic E-state index is -0.419. The summed E-state index contributed by atoms with van der Waals surface area (Å²) in [6.45, 7) is 0. The molecule has 0 saturated heterocycles. The number of amides is 1. The average molecular weight is 563 g/mol. The molecule has 3 aromatic carbocycles. The first kappa shape index (κ1) is 27.4. The van der Waals surface area contributed by atoms with Crippen LogP contribution in [0.15, 0.2) is 102 Å². The molecule has 1 aliphatic heterocycles. The molecule has 198 valence electrons. The number of nitro groups is 1. The number of hydrogen-bond donors (Lipinski definition) is 3. The third-order valence-electron chi connectivity index (χ3n) is 6.08. The molecular weight excluding hydrogens is 539 g/mol. The average Bonchev–Trinajstić information content (AvgIpc) is 2.92. The highest BCUT2D eigenvalue weighted by atomic mass is 35.5. The van der Waals surface area contributed by atoms with E-state index in [0.29, 0.717) is 21.7 Å². The van der Waals surface area contributed by atoms with Gasteiger partial charge < -0.3 is 33.3 Å². The van der Waals surface area contributed by atoms with Crippen LogP contribution in [0.25, 0.3) is 10.9 Å². The van der Waals surface area contributed by atoms with Crippen molar-refractivity contribution in [3.8, 4) is 0 Å². The van der Waals surface area contributed by atoms with Crippen LogP contribution in [-0.2, 0) is 0 Å². The minimum Gasteiger partial charge on any atom is -1.00 e. The largest absolute Gasteiger partial charge is 1.00 e. The molecule has 1 atom stereocenters. The van der Waals surface area contributed by atoms with Gasteiger partial charge in [0, 0.05) is 65.2 Å². The lowest BCUT2D eigenvalue weighted by molar-refractivity contribution is -0.385. The number of carbonyl (C=O) groups excluding carboxylic acids is 1. The number of nitrogens with zero attached hydrogens (tertiary/aromatic N) is 2. The van der Waals surface area contributed by atoms with Crippen molar-refractivity contribution in [3.63, 3.8) is 0 Å². The normalized spacial score (nSPS) is 14.3. The van der Waals surface area contributed by atoms with Crippen molar-refractivity contribution in [2.24, 2.45) is 0 Å². The molecule has 0 bridgehead atoms. The van der Waals surface area contributed by atoms with E-state index >= 15 is 0 Å². The van der Waals surface area contributed by atoms with Crippen molar-refractivity contribution >= 4 is 56.8 Å². The fraction of sp³-hybridized carbons (Fsp3) is 0.0714. The van der Waals surface area contributed by atoms with Gasteiger partial charge in [0.1, 0.15) is 6.17 Å². The number of H-pyrrole nitrogens is 1. The zero-order valence-electron chi connectivity index (χ0n) is 20.7. The predicted molar refractivity (Wildman–Crippen MR) is 150 cm³/mol. The van der Waals surface area contributed by atoms with E-state index in [-0.39, 0.29) is 30.2 Å². The molecule has 1 aliphatic rings. The summed E-state index contributed by atoms with van der Waals surface area (Å²) in [7, 11) is 1.94. The molecule has 5 rings (SSSR count). The smallest absolute Gasteiger partial charge is 0.270 e. The number of likely N-dealkylation sites (N-methyl/N-ethyl adjacent to an activating group) is 1. The Kier molecular flexibility index (Phi) is 8.33. The Morgan fingerprint density at radius 1 is 1.03 bits per heavy atom. The molecule has 0 radical (unpaired) electrons. The maximum atomic E-state index is 12.9. The van der Waals surface area contributed by atoms with Crippen molar-refractivity contribution in [3.05, 3.63) is 118 Å². The van der Waals surface area contributed by atoms with Gasteiger partial charge in [-0.05, 0) is 54.6 Å². The van der Waals surface area contributed by atoms with Crippen LogP contribution in [0.2, 0.25) is 0 Å². The van der Waals surface area contributed by atoms with Crippen molar-refractivity contribution in [2.45, 2.75) is 6.17 Å². The Balaban J connectivity index is 0.00000353. The Hall–Kier alpha value is -4.60. The first-order chi connectivity index (χ1) is 18.4. The van der Waals surface area contributed by atoms with E-state index in [4.69, 9.17) is 11.6 Å². The highest BCUT2D eigenvalue weighted by Gasteiger charge is 2.15. The molecular formula is C28H24Cl2N6O3. The van der Waals surface area contributed by atoms with Gasteiger partial charge in [-0.1, -0.05) is 17.7 Å². The Morgan fingerprint density at radius 2 is 1.79 bits per heavy atom. The standard InChI is InChI=1S/C28H23ClN6O3.ClH/c1-34-14-12-19(29)16-27(34)32-22-4-2-3-18(15-22)28(36)33-21-7-5-20(6-8-21)31-26-11-13-30-25-10-9-23(35(37)38)17-24(25)26;/h2-17,27,32H,1H3,(H,30,31)(H,33,36);1H. The van der Waals surface area contributed by atoms with Crippen LogP contribution in [-0.4, -0.2) is 28.9 Å². The molecule has 4 aromatic rings. The zero-order chi connectivity index (χ0) is 26.6. The van der Waals surface area contributed by atoms with Crippen LogP contribution in [0.5, 0.6) is 0 Å². The van der Waals surface area contributed by atoms with Crippen LogP contribution in [0, 0.1) is 10.1 Å². The van der Waals surface area contributed by atoms with E-state index < -0.39 is 4.92 Å². The first-order valence-electron chi connectivity index (χ1n) is 11.8. The van der Waals surface area contributed by atoms with Gasteiger partial charge >= 0.3 is 0 Å². The number of allylic oxidation sites excluding steroid dienone is 2. The molecule has 11 heteroatoms. The fourth-order valence-electron chi connectivity index (χ4n) is 4.07. The number of hydrogen-bond acceptors (Lipinski definition) is 6. The lowest BCUT2D eigenvalue weighted by atomic mass is 10.1. The summed E-state index contributed by atoms with van der Waals surface area (Å²) in [4.78, 5) is 28.8. The Morgan fingerprint density at radius 3 is 2.56 bits per heavy atom. The van der Waals surface area contributed by atoms with Crippen LogP contribution in [0.3, 0.4) is 0 Å². The molecule has 2 heterocycles. The van der Waals surface area contributed by atoms with E-state index in [1.165, 1.54) is 12.1 Å². The quantitative estimate of drug-likeness (QED) is 0.236. The first-order valence-corrected chi connectivity index (χ1v) is 12.1. The summed E-state index contributed by atoms with van der Waals surface area (Å²) in [5.41, 5.74) is 4.21. The monoisotopic (exact) mass is 562 g/mol. The van der Waals surface area contributed by atoms with Gasteiger partial charge in [0.25, 0.3) is 11.6 Å². The number of carbonyl (C=O) groups is 1. The fourth-order valence-corrected chi connectivity index (χ4v) is 4.25. The molecule has 1 amide bonds. The van der Waals surface area contributed by atoms with Crippen LogP contribution >= 0.6 is 11.6 Å². The highest BCUT2D eigenvalue weighted by molar-refractivity contribution is 6.31. The van der Waals surface area contributed by atoms with Gasteiger partial charge in [0.2, 0.25) is 5.52 Å². The Bertz CT molecular complexity index is 1590. The van der Waals surface area contributed by atoms with E-state index in [2.05, 4.69) is 20.9 Å². The van der Waals surface area contributed by atoms with Gasteiger partial charge in [-0.3, -0.25) is 14.9 Å². The third kappa shape index (κ3) is 6.46. The number of nitro benzene ring substituents is 1. The highest BCUT2D eigenvalue weighted by Crippen LogP contribution is 2.28. The number of pyridine rings is 1. The minimum absolute atomic E-state index is 0. The lowest BCUT2D eigenvalue weighted by Crippen LogP contribution is -3.00. The number of aromatic nitrogens is 1. The second-order valence-corrected chi connectivity index (χ2v) is 9.17. The molecule has 1 aromatic heterocycles. The van der Waals surface area contributed by atoms with Crippen molar-refractivity contribution in [2.75, 3.05) is 23.0 Å². The summed E-state index contributed by atoms with van der Waals surface area (Å²) in [6.07, 6.45) is 7.23. The maximum absolute atomic E-state index is 12.9. The van der Waals surface area contributed by atoms with Gasteiger partial charge in [0.15, 0.2) is 6.20 Å². The summed E-state index contributed by atoms with van der Waals surface area (Å²) in [5, 5.41) is 22.1. The topological polar surface area (TPSA) is 114 Å². The molecule has 39 heavy (non-hydrogen) atoms. The Labute approximate surface area is 235 Å². The second-order valence-electron chi connectivity index (χ2n) is 8.74. The van der Waals surface area contributed by atoms with Crippen molar-refractivity contribution in [1.29, 1.82) is 0 Å². The van der Waals surface area contributed by atoms with Crippen molar-refractivity contribution < 1.29 is 27.1 Å². The van der Waals surface area contributed by atoms with Crippen LogP contribution in [0.4, 0.5) is 28.4 Å². The number of aromatic amines is 1. The number of non-ortho nitro benzene ring substituents is 1. The van der Waals surface area contributed by atoms with Crippen LogP contribution < -0.4 is 33.3 Å². The van der Waals surface area contributed by atoms with Crippen LogP contribution in [0.1, 0.15) is 10.4 Å². The lowest BCUT2D eigenvalue weighted by Gasteiger charge is -2.28. The van der Waals surface area contributed by atoms with E-state index in [1.807, 2.05) is 60.6 Å². The van der Waals surface area contributed by atoms with Gasteiger partial charge in [0.05, 0.1) is 16.0 Å². The summed E-state index contributed by atoms with van der Waals surface area (Å²) >= 11 is 6.13. The number of anilines is 4. The summed E-state index contributed by atoms with van der Waals surface area (Å²) < 4.78 is 0. The molecule has 0 aliphatic carbocycles. The predicted octanol–water partition coefficient (Wildman–Crippen LogP) is 2.88. The van der Waals surface area contributed by atoms with E-state index in [0.717, 1.165) is 22.6 Å². The molecule has 4 N–H and O–H groups in total. The molecule has 1 unspecified atom stereocenters. The second kappa shape index (κ2) is 11.8. The zero-order valence-corrected chi connectivity index (χ0v) is 22.2. The van der Waals surface area contributed by atoms with Crippen molar-refractivity contribution in [1.82, 2.24) is 4.90 Å². The summed E-state index contributed by atoms with van der Waals surface area (Å²) in [5.74, 6) is -0.239.